The molecule has 1 amide bonds. The number of hydrogen-bond acceptors (Lipinski definition) is 4. The van der Waals surface area contributed by atoms with Crippen LogP contribution in [0.1, 0.15) is 6.92 Å². The van der Waals surface area contributed by atoms with Crippen LogP contribution in [0, 0.1) is 0 Å². The number of ether oxygens (including phenoxy) is 1. The lowest BCUT2D eigenvalue weighted by Gasteiger charge is -2.17. The zero-order valence-corrected chi connectivity index (χ0v) is 14.1. The molecule has 0 bridgehead atoms. The largest absolute Gasteiger partial charge is 0.491 e. The van der Waals surface area contributed by atoms with Gasteiger partial charge in [0.25, 0.3) is 0 Å². The maximum Gasteiger partial charge on any atom is 0.234 e. The van der Waals surface area contributed by atoms with Gasteiger partial charge in [0, 0.05) is 18.8 Å². The molecule has 0 saturated heterocycles. The van der Waals surface area contributed by atoms with Gasteiger partial charge in [-0.15, -0.1) is 0 Å². The van der Waals surface area contributed by atoms with Crippen molar-refractivity contribution in [2.45, 2.75) is 13.0 Å². The first kappa shape index (κ1) is 17.0. The van der Waals surface area contributed by atoms with Crippen molar-refractivity contribution in [3.8, 4) is 16.9 Å². The molecular formula is C17H24N4O2. The predicted octanol–water partition coefficient (Wildman–Crippen LogP) is 1.53. The Bertz CT molecular complexity index is 652. The predicted molar refractivity (Wildman–Crippen MR) is 90.3 cm³/mol. The van der Waals surface area contributed by atoms with E-state index in [1.54, 1.807) is 4.68 Å². The normalized spacial score (nSPS) is 12.2. The van der Waals surface area contributed by atoms with Gasteiger partial charge >= 0.3 is 0 Å². The van der Waals surface area contributed by atoms with E-state index in [1.807, 2.05) is 69.6 Å². The molecule has 0 unspecified atom stereocenters. The van der Waals surface area contributed by atoms with Gasteiger partial charge in [-0.2, -0.15) is 5.10 Å². The topological polar surface area (TPSA) is 59.4 Å². The van der Waals surface area contributed by atoms with Gasteiger partial charge in [-0.1, -0.05) is 12.1 Å². The molecule has 0 radical (unpaired) electrons. The van der Waals surface area contributed by atoms with Crippen molar-refractivity contribution in [1.82, 2.24) is 20.0 Å². The summed E-state index contributed by atoms with van der Waals surface area (Å²) in [5.41, 5.74) is 2.10. The molecule has 1 N–H and O–H groups in total. The molecule has 1 aromatic carbocycles. The molecule has 6 heteroatoms. The summed E-state index contributed by atoms with van der Waals surface area (Å²) in [6.07, 6.45) is 3.78. The Labute approximate surface area is 137 Å². The first-order valence-corrected chi connectivity index (χ1v) is 7.60. The molecule has 2 aromatic rings. The lowest BCUT2D eigenvalue weighted by molar-refractivity contribution is -0.122. The van der Waals surface area contributed by atoms with E-state index in [-0.39, 0.29) is 11.9 Å². The number of hydrogen-bond donors (Lipinski definition) is 1. The van der Waals surface area contributed by atoms with Gasteiger partial charge in [-0.3, -0.25) is 9.48 Å². The van der Waals surface area contributed by atoms with Crippen LogP contribution in [0.4, 0.5) is 0 Å². The van der Waals surface area contributed by atoms with Gasteiger partial charge < -0.3 is 15.0 Å². The molecule has 6 nitrogen and oxygen atoms in total. The number of rotatable bonds is 7. The average Bonchev–Trinajstić information content (AvgIpc) is 2.91. The molecule has 1 heterocycles. The number of carbonyl (C=O) groups excluding carboxylic acids is 1. The molecule has 2 rings (SSSR count). The highest BCUT2D eigenvalue weighted by atomic mass is 16.5. The average molecular weight is 316 g/mol. The Kier molecular flexibility index (Phi) is 5.76. The number of aromatic nitrogens is 2. The first-order chi connectivity index (χ1) is 10.9. The highest BCUT2D eigenvalue weighted by Crippen LogP contribution is 2.23. The van der Waals surface area contributed by atoms with Gasteiger partial charge in [-0.25, -0.2) is 0 Å². The number of benzene rings is 1. The number of nitrogens with one attached hydrogen (secondary N) is 1. The Morgan fingerprint density at radius 1 is 1.39 bits per heavy atom. The number of nitrogens with zero attached hydrogens (tertiary/aromatic N) is 3. The fourth-order valence-electron chi connectivity index (χ4n) is 2.21. The molecule has 124 valence electrons. The summed E-state index contributed by atoms with van der Waals surface area (Å²) in [5, 5.41) is 7.09. The van der Waals surface area contributed by atoms with Crippen LogP contribution in [0.25, 0.3) is 11.1 Å². The first-order valence-electron chi connectivity index (χ1n) is 7.60. The van der Waals surface area contributed by atoms with Gasteiger partial charge in [0.05, 0.1) is 18.8 Å². The summed E-state index contributed by atoms with van der Waals surface area (Å²) in [7, 11) is 5.62. The molecule has 1 atom stereocenters. The van der Waals surface area contributed by atoms with E-state index < -0.39 is 0 Å². The van der Waals surface area contributed by atoms with Crippen LogP contribution in [-0.4, -0.2) is 53.9 Å². The van der Waals surface area contributed by atoms with Gasteiger partial charge in [0.2, 0.25) is 5.91 Å². The standard InChI is InChI=1S/C17H24N4O2/c1-13(19-17(22)11-20(2)3)12-23-16-7-5-6-14(8-16)15-9-18-21(4)10-15/h5-10,13H,11-12H2,1-4H3,(H,19,22)/t13-/m1/s1. The molecule has 1 aromatic heterocycles. The Morgan fingerprint density at radius 2 is 2.17 bits per heavy atom. The fraction of sp³-hybridized carbons (Fsp3) is 0.412. The van der Waals surface area contributed by atoms with E-state index >= 15 is 0 Å². The number of amides is 1. The Morgan fingerprint density at radius 3 is 2.83 bits per heavy atom. The summed E-state index contributed by atoms with van der Waals surface area (Å²) >= 11 is 0. The monoisotopic (exact) mass is 316 g/mol. The molecule has 0 aliphatic carbocycles. The molecule has 0 aliphatic rings. The lowest BCUT2D eigenvalue weighted by Crippen LogP contribution is -2.41. The zero-order valence-electron chi connectivity index (χ0n) is 14.1. The molecule has 0 fully saturated rings. The second-order valence-corrected chi connectivity index (χ2v) is 5.95. The van der Waals surface area contributed by atoms with Crippen LogP contribution in [0.2, 0.25) is 0 Å². The van der Waals surface area contributed by atoms with Gasteiger partial charge in [-0.05, 0) is 38.7 Å². The lowest BCUT2D eigenvalue weighted by atomic mass is 10.1. The Balaban J connectivity index is 1.89. The maximum absolute atomic E-state index is 11.7. The minimum absolute atomic E-state index is 0.00443. The van der Waals surface area contributed by atoms with Crippen molar-refractivity contribution in [2.24, 2.45) is 7.05 Å². The summed E-state index contributed by atoms with van der Waals surface area (Å²) < 4.78 is 7.56. The number of carbonyl (C=O) groups is 1. The summed E-state index contributed by atoms with van der Waals surface area (Å²) in [6, 6.07) is 7.81. The summed E-state index contributed by atoms with van der Waals surface area (Å²) in [6.45, 7) is 2.73. The van der Waals surface area contributed by atoms with Gasteiger partial charge in [0.15, 0.2) is 0 Å². The molecule has 23 heavy (non-hydrogen) atoms. The second kappa shape index (κ2) is 7.78. The van der Waals surface area contributed by atoms with E-state index in [4.69, 9.17) is 4.74 Å². The molecule has 0 saturated carbocycles. The number of aryl methyl sites for hydroxylation is 1. The molecular weight excluding hydrogens is 292 g/mol. The minimum Gasteiger partial charge on any atom is -0.491 e. The maximum atomic E-state index is 11.7. The van der Waals surface area contributed by atoms with Crippen LogP contribution in [-0.2, 0) is 11.8 Å². The van der Waals surface area contributed by atoms with E-state index in [9.17, 15) is 4.79 Å². The van der Waals surface area contributed by atoms with Crippen LogP contribution < -0.4 is 10.1 Å². The van der Waals surface area contributed by atoms with Gasteiger partial charge in [0.1, 0.15) is 12.4 Å². The van der Waals surface area contributed by atoms with E-state index in [0.717, 1.165) is 16.9 Å². The second-order valence-electron chi connectivity index (χ2n) is 5.95. The fourth-order valence-corrected chi connectivity index (χ4v) is 2.21. The third kappa shape index (κ3) is 5.41. The van der Waals surface area contributed by atoms with Crippen molar-refractivity contribution < 1.29 is 9.53 Å². The van der Waals surface area contributed by atoms with Crippen LogP contribution >= 0.6 is 0 Å². The summed E-state index contributed by atoms with van der Waals surface area (Å²) in [4.78, 5) is 13.5. The van der Waals surface area contributed by atoms with Crippen molar-refractivity contribution in [1.29, 1.82) is 0 Å². The quantitative estimate of drug-likeness (QED) is 0.841. The summed E-state index contributed by atoms with van der Waals surface area (Å²) in [5.74, 6) is 0.773. The van der Waals surface area contributed by atoms with Crippen molar-refractivity contribution in [3.05, 3.63) is 36.7 Å². The van der Waals surface area contributed by atoms with E-state index in [1.165, 1.54) is 0 Å². The zero-order chi connectivity index (χ0) is 16.8. The van der Waals surface area contributed by atoms with E-state index in [0.29, 0.717) is 13.2 Å². The SMILES string of the molecule is C[C@H](COc1cccc(-c2cnn(C)c2)c1)NC(=O)CN(C)C. The smallest absolute Gasteiger partial charge is 0.234 e. The Hall–Kier alpha value is -2.34. The third-order valence-corrected chi connectivity index (χ3v) is 3.24. The molecule has 0 aliphatic heterocycles. The van der Waals surface area contributed by atoms with Crippen LogP contribution in [0.15, 0.2) is 36.7 Å². The van der Waals surface area contributed by atoms with Crippen molar-refractivity contribution >= 4 is 5.91 Å². The number of likely N-dealkylation sites (N-methyl/N-ethyl adjacent to an activating group) is 1. The van der Waals surface area contributed by atoms with Crippen LogP contribution in [0.5, 0.6) is 5.75 Å². The highest BCUT2D eigenvalue weighted by molar-refractivity contribution is 5.78. The minimum atomic E-state index is -0.0514. The van der Waals surface area contributed by atoms with Crippen LogP contribution in [0.3, 0.4) is 0 Å². The van der Waals surface area contributed by atoms with Crippen molar-refractivity contribution in [3.63, 3.8) is 0 Å². The molecule has 0 spiro atoms. The highest BCUT2D eigenvalue weighted by Gasteiger charge is 2.09. The third-order valence-electron chi connectivity index (χ3n) is 3.24. The van der Waals surface area contributed by atoms with Crippen molar-refractivity contribution in [2.75, 3.05) is 27.2 Å². The van der Waals surface area contributed by atoms with E-state index in [2.05, 4.69) is 10.4 Å².